The minimum absolute atomic E-state index is 0.116. The molecule has 2 fully saturated rings. The van der Waals surface area contributed by atoms with Gasteiger partial charge in [0.2, 0.25) is 11.8 Å². The van der Waals surface area contributed by atoms with Gasteiger partial charge in [-0.2, -0.15) is 0 Å². The Labute approximate surface area is 156 Å². The van der Waals surface area contributed by atoms with Crippen molar-refractivity contribution in [1.29, 1.82) is 0 Å². The highest BCUT2D eigenvalue weighted by Gasteiger charge is 2.63. The molecule has 2 saturated heterocycles. The van der Waals surface area contributed by atoms with E-state index in [9.17, 15) is 14.4 Å². The zero-order valence-corrected chi connectivity index (χ0v) is 14.8. The van der Waals surface area contributed by atoms with Gasteiger partial charge in [0.1, 0.15) is 6.04 Å². The molecule has 5 rings (SSSR count). The molecule has 0 bridgehead atoms. The fourth-order valence-corrected chi connectivity index (χ4v) is 4.74. The zero-order chi connectivity index (χ0) is 18.7. The van der Waals surface area contributed by atoms with Crippen LogP contribution in [0.2, 0.25) is 0 Å². The lowest BCUT2D eigenvalue weighted by Crippen LogP contribution is -2.48. The molecule has 0 saturated carbocycles. The van der Waals surface area contributed by atoms with E-state index in [4.69, 9.17) is 0 Å². The van der Waals surface area contributed by atoms with Crippen LogP contribution in [-0.2, 0) is 9.59 Å². The van der Waals surface area contributed by atoms with Crippen molar-refractivity contribution in [3.05, 3.63) is 71.8 Å². The van der Waals surface area contributed by atoms with E-state index in [1.165, 1.54) is 11.9 Å². The number of carbonyl (C=O) groups is 3. The Kier molecular flexibility index (Phi) is 3.34. The predicted molar refractivity (Wildman–Crippen MR) is 101 cm³/mol. The molecule has 3 aliphatic heterocycles. The summed E-state index contributed by atoms with van der Waals surface area (Å²) in [5.41, 5.74) is 2.45. The van der Waals surface area contributed by atoms with E-state index >= 15 is 0 Å². The van der Waals surface area contributed by atoms with Crippen LogP contribution < -0.4 is 4.90 Å². The highest BCUT2D eigenvalue weighted by molar-refractivity contribution is 6.13. The van der Waals surface area contributed by atoms with Crippen LogP contribution in [-0.4, -0.2) is 41.6 Å². The maximum atomic E-state index is 13.5. The fourth-order valence-electron chi connectivity index (χ4n) is 4.74. The molecule has 5 heteroatoms. The number of hydrogen-bond acceptors (Lipinski definition) is 4. The number of para-hydroxylation sites is 1. The highest BCUT2D eigenvalue weighted by Crippen LogP contribution is 2.48. The SMILES string of the molecule is CN1C(=O)[C@@H]2[C@H](C1=O)[C@@H](C(=O)c1ccccc1)N1c3ccccc3C=C[C@H]21. The van der Waals surface area contributed by atoms with Crippen molar-refractivity contribution in [2.45, 2.75) is 12.1 Å². The molecule has 134 valence electrons. The lowest BCUT2D eigenvalue weighted by atomic mass is 9.86. The van der Waals surface area contributed by atoms with E-state index in [-0.39, 0.29) is 23.6 Å². The van der Waals surface area contributed by atoms with Gasteiger partial charge >= 0.3 is 0 Å². The summed E-state index contributed by atoms with van der Waals surface area (Å²) in [6.07, 6.45) is 3.95. The number of nitrogens with zero attached hydrogens (tertiary/aromatic N) is 2. The quantitative estimate of drug-likeness (QED) is 0.611. The first-order chi connectivity index (χ1) is 13.1. The summed E-state index contributed by atoms with van der Waals surface area (Å²) in [5, 5.41) is 0. The molecule has 2 amide bonds. The van der Waals surface area contributed by atoms with Gasteiger partial charge in [0.05, 0.1) is 17.9 Å². The van der Waals surface area contributed by atoms with Crippen LogP contribution in [0.3, 0.4) is 0 Å². The first kappa shape index (κ1) is 16.0. The number of Topliss-reactive ketones (excluding diaryl/α,β-unsaturated/α-hetero) is 1. The van der Waals surface area contributed by atoms with Crippen molar-refractivity contribution in [2.75, 3.05) is 11.9 Å². The molecule has 2 aromatic carbocycles. The summed E-state index contributed by atoms with van der Waals surface area (Å²) in [5.74, 6) is -1.76. The standard InChI is InChI=1S/C22H18N2O3/c1-23-21(26)17-16-12-11-13-7-5-6-10-15(13)24(16)19(18(17)22(23)27)20(25)14-8-3-2-4-9-14/h2-12,16-19H,1H3/t16-,17+,18+,19+/m1/s1. The van der Waals surface area contributed by atoms with Gasteiger partial charge in [-0.25, -0.2) is 0 Å². The summed E-state index contributed by atoms with van der Waals surface area (Å²) in [4.78, 5) is 42.3. The van der Waals surface area contributed by atoms with Gasteiger partial charge in [0, 0.05) is 18.3 Å². The molecule has 2 aromatic rings. The number of benzene rings is 2. The van der Waals surface area contributed by atoms with Crippen LogP contribution >= 0.6 is 0 Å². The van der Waals surface area contributed by atoms with Crippen LogP contribution in [0.1, 0.15) is 15.9 Å². The number of likely N-dealkylation sites (tertiary alicyclic amines) is 1. The van der Waals surface area contributed by atoms with Gasteiger partial charge < -0.3 is 4.90 Å². The normalized spacial score (nSPS) is 28.2. The Morgan fingerprint density at radius 3 is 2.33 bits per heavy atom. The third-order valence-electron chi connectivity index (χ3n) is 5.96. The van der Waals surface area contributed by atoms with E-state index in [2.05, 4.69) is 0 Å². The van der Waals surface area contributed by atoms with Gasteiger partial charge in [0.25, 0.3) is 0 Å². The van der Waals surface area contributed by atoms with E-state index < -0.39 is 17.9 Å². The molecule has 5 nitrogen and oxygen atoms in total. The van der Waals surface area contributed by atoms with Crippen molar-refractivity contribution in [1.82, 2.24) is 4.90 Å². The molecular formula is C22H18N2O3. The highest BCUT2D eigenvalue weighted by atomic mass is 16.2. The first-order valence-electron chi connectivity index (χ1n) is 9.06. The van der Waals surface area contributed by atoms with E-state index in [0.29, 0.717) is 5.56 Å². The van der Waals surface area contributed by atoms with E-state index in [1.807, 2.05) is 59.5 Å². The number of hydrogen-bond donors (Lipinski definition) is 0. The second-order valence-corrected chi connectivity index (χ2v) is 7.28. The molecule has 0 spiro atoms. The summed E-state index contributed by atoms with van der Waals surface area (Å²) < 4.78 is 0. The van der Waals surface area contributed by atoms with Gasteiger partial charge in [-0.3, -0.25) is 19.3 Å². The Morgan fingerprint density at radius 1 is 0.889 bits per heavy atom. The average Bonchev–Trinajstić information content (AvgIpc) is 3.17. The maximum Gasteiger partial charge on any atom is 0.235 e. The molecule has 0 unspecified atom stereocenters. The number of ketones is 1. The van der Waals surface area contributed by atoms with Crippen molar-refractivity contribution >= 4 is 29.4 Å². The Bertz CT molecular complexity index is 998. The topological polar surface area (TPSA) is 57.7 Å². The minimum Gasteiger partial charge on any atom is -0.352 e. The van der Waals surface area contributed by atoms with Crippen LogP contribution in [0.25, 0.3) is 6.08 Å². The van der Waals surface area contributed by atoms with E-state index in [0.717, 1.165) is 11.3 Å². The summed E-state index contributed by atoms with van der Waals surface area (Å²) in [7, 11) is 1.51. The molecule has 27 heavy (non-hydrogen) atoms. The third-order valence-corrected chi connectivity index (χ3v) is 5.96. The zero-order valence-electron chi connectivity index (χ0n) is 14.8. The summed E-state index contributed by atoms with van der Waals surface area (Å²) >= 11 is 0. The molecular weight excluding hydrogens is 340 g/mol. The van der Waals surface area contributed by atoms with Crippen molar-refractivity contribution in [3.8, 4) is 0 Å². The Morgan fingerprint density at radius 2 is 1.56 bits per heavy atom. The van der Waals surface area contributed by atoms with Gasteiger partial charge in [-0.15, -0.1) is 0 Å². The Hall–Kier alpha value is -3.21. The molecule has 4 atom stereocenters. The number of fused-ring (bicyclic) bond motifs is 5. The second kappa shape index (κ2) is 5.64. The lowest BCUT2D eigenvalue weighted by Gasteiger charge is -2.36. The van der Waals surface area contributed by atoms with Crippen LogP contribution in [0.4, 0.5) is 5.69 Å². The Balaban J connectivity index is 1.69. The third kappa shape index (κ3) is 2.08. The van der Waals surface area contributed by atoms with Crippen LogP contribution in [0.15, 0.2) is 60.7 Å². The van der Waals surface area contributed by atoms with Crippen LogP contribution in [0.5, 0.6) is 0 Å². The minimum atomic E-state index is -0.685. The number of anilines is 1. The number of imide groups is 1. The maximum absolute atomic E-state index is 13.5. The molecule has 3 aliphatic rings. The number of carbonyl (C=O) groups excluding carboxylic acids is 3. The molecule has 0 aromatic heterocycles. The molecule has 0 N–H and O–H groups in total. The average molecular weight is 358 g/mol. The lowest BCUT2D eigenvalue weighted by molar-refractivity contribution is -0.138. The van der Waals surface area contributed by atoms with Crippen molar-refractivity contribution in [2.24, 2.45) is 11.8 Å². The molecule has 3 heterocycles. The predicted octanol–water partition coefficient (Wildman–Crippen LogP) is 2.38. The summed E-state index contributed by atoms with van der Waals surface area (Å²) in [6, 6.07) is 15.8. The van der Waals surface area contributed by atoms with Crippen LogP contribution in [0, 0.1) is 11.8 Å². The molecule has 0 radical (unpaired) electrons. The van der Waals surface area contributed by atoms with E-state index in [1.54, 1.807) is 12.1 Å². The first-order valence-corrected chi connectivity index (χ1v) is 9.06. The number of rotatable bonds is 2. The molecule has 0 aliphatic carbocycles. The largest absolute Gasteiger partial charge is 0.352 e. The fraction of sp³-hybridized carbons (Fsp3) is 0.227. The van der Waals surface area contributed by atoms with Gasteiger partial charge in [-0.05, 0) is 11.6 Å². The smallest absolute Gasteiger partial charge is 0.235 e. The van der Waals surface area contributed by atoms with Gasteiger partial charge in [-0.1, -0.05) is 60.7 Å². The van der Waals surface area contributed by atoms with Crippen molar-refractivity contribution in [3.63, 3.8) is 0 Å². The van der Waals surface area contributed by atoms with Crippen molar-refractivity contribution < 1.29 is 14.4 Å². The second-order valence-electron chi connectivity index (χ2n) is 7.28. The van der Waals surface area contributed by atoms with Gasteiger partial charge in [0.15, 0.2) is 5.78 Å². The number of amides is 2. The monoisotopic (exact) mass is 358 g/mol. The summed E-state index contributed by atoms with van der Waals surface area (Å²) in [6.45, 7) is 0.